The fraction of sp³-hybridized carbons (Fsp3) is 0.667. The quantitative estimate of drug-likeness (QED) is 0.869. The maximum atomic E-state index is 12.1. The Hall–Kier alpha value is -0.870. The van der Waals surface area contributed by atoms with E-state index in [1.807, 2.05) is 19.9 Å². The standard InChI is InChI=1S/C15H26N2OS/c1-10(2)17(11(3)4)8-7-16-15(18)14-9-12(5)19-13(14)6/h9-11H,7-8H2,1-6H3,(H,16,18). The Balaban J connectivity index is 2.49. The van der Waals surface area contributed by atoms with Crippen molar-refractivity contribution in [1.82, 2.24) is 10.2 Å². The van der Waals surface area contributed by atoms with E-state index in [0.29, 0.717) is 18.6 Å². The second kappa shape index (κ2) is 7.06. The third-order valence-corrected chi connectivity index (χ3v) is 4.23. The molecule has 4 heteroatoms. The highest BCUT2D eigenvalue weighted by Gasteiger charge is 2.15. The first-order valence-electron chi connectivity index (χ1n) is 6.94. The second-order valence-corrected chi connectivity index (χ2v) is 6.97. The third-order valence-electron chi connectivity index (χ3n) is 3.27. The Morgan fingerprint density at radius 1 is 1.26 bits per heavy atom. The van der Waals surface area contributed by atoms with Crippen molar-refractivity contribution in [1.29, 1.82) is 0 Å². The van der Waals surface area contributed by atoms with E-state index in [9.17, 15) is 4.79 Å². The van der Waals surface area contributed by atoms with Gasteiger partial charge in [0.25, 0.3) is 5.91 Å². The molecule has 1 rings (SSSR count). The zero-order valence-corrected chi connectivity index (χ0v) is 13.7. The van der Waals surface area contributed by atoms with E-state index in [-0.39, 0.29) is 5.91 Å². The van der Waals surface area contributed by atoms with Gasteiger partial charge in [-0.05, 0) is 47.6 Å². The molecule has 1 heterocycles. The number of hydrogen-bond acceptors (Lipinski definition) is 3. The van der Waals surface area contributed by atoms with Gasteiger partial charge in [-0.1, -0.05) is 0 Å². The molecule has 1 aromatic heterocycles. The molecule has 0 unspecified atom stereocenters. The van der Waals surface area contributed by atoms with Crippen LogP contribution in [0.1, 0.15) is 47.8 Å². The van der Waals surface area contributed by atoms with Crippen LogP contribution < -0.4 is 5.32 Å². The van der Waals surface area contributed by atoms with Crippen LogP contribution in [0.15, 0.2) is 6.07 Å². The van der Waals surface area contributed by atoms with E-state index in [1.165, 1.54) is 4.88 Å². The number of carbonyl (C=O) groups excluding carboxylic acids is 1. The van der Waals surface area contributed by atoms with Gasteiger partial charge in [0.2, 0.25) is 0 Å². The molecule has 0 fully saturated rings. The first kappa shape index (κ1) is 16.2. The number of nitrogens with one attached hydrogen (secondary N) is 1. The van der Waals surface area contributed by atoms with Crippen LogP contribution in [0, 0.1) is 13.8 Å². The number of rotatable bonds is 6. The highest BCUT2D eigenvalue weighted by Crippen LogP contribution is 2.20. The van der Waals surface area contributed by atoms with Gasteiger partial charge in [0.1, 0.15) is 0 Å². The van der Waals surface area contributed by atoms with Gasteiger partial charge in [-0.3, -0.25) is 9.69 Å². The maximum absolute atomic E-state index is 12.1. The molecule has 0 aliphatic heterocycles. The minimum Gasteiger partial charge on any atom is -0.351 e. The van der Waals surface area contributed by atoms with E-state index in [0.717, 1.165) is 17.0 Å². The Bertz CT molecular complexity index is 416. The van der Waals surface area contributed by atoms with E-state index in [4.69, 9.17) is 0 Å². The van der Waals surface area contributed by atoms with E-state index < -0.39 is 0 Å². The summed E-state index contributed by atoms with van der Waals surface area (Å²) in [5, 5.41) is 3.02. The Labute approximate surface area is 121 Å². The summed E-state index contributed by atoms with van der Waals surface area (Å²) in [4.78, 5) is 16.7. The summed E-state index contributed by atoms with van der Waals surface area (Å²) in [6.45, 7) is 14.4. The Morgan fingerprint density at radius 2 is 1.84 bits per heavy atom. The lowest BCUT2D eigenvalue weighted by Crippen LogP contribution is -2.42. The van der Waals surface area contributed by atoms with Crippen LogP contribution in [-0.4, -0.2) is 36.0 Å². The van der Waals surface area contributed by atoms with Gasteiger partial charge >= 0.3 is 0 Å². The van der Waals surface area contributed by atoms with Gasteiger partial charge in [-0.25, -0.2) is 0 Å². The van der Waals surface area contributed by atoms with Crippen molar-refractivity contribution < 1.29 is 4.79 Å². The summed E-state index contributed by atoms with van der Waals surface area (Å²) >= 11 is 1.68. The predicted octanol–water partition coefficient (Wildman–Crippen LogP) is 3.21. The molecule has 0 atom stereocenters. The van der Waals surface area contributed by atoms with Crippen molar-refractivity contribution >= 4 is 17.2 Å². The summed E-state index contributed by atoms with van der Waals surface area (Å²) in [7, 11) is 0. The van der Waals surface area contributed by atoms with Crippen LogP contribution >= 0.6 is 11.3 Å². The summed E-state index contributed by atoms with van der Waals surface area (Å²) in [6.07, 6.45) is 0. The molecule has 0 aliphatic carbocycles. The van der Waals surface area contributed by atoms with Crippen molar-refractivity contribution in [2.24, 2.45) is 0 Å². The minimum atomic E-state index is 0.0503. The molecule has 1 N–H and O–H groups in total. The summed E-state index contributed by atoms with van der Waals surface area (Å²) < 4.78 is 0. The van der Waals surface area contributed by atoms with Crippen LogP contribution in [0.2, 0.25) is 0 Å². The van der Waals surface area contributed by atoms with E-state index in [2.05, 4.69) is 37.9 Å². The predicted molar refractivity (Wildman–Crippen MR) is 83.1 cm³/mol. The number of nitrogens with zero attached hydrogens (tertiary/aromatic N) is 1. The zero-order chi connectivity index (χ0) is 14.6. The molecule has 0 spiro atoms. The molecule has 0 radical (unpaired) electrons. The fourth-order valence-corrected chi connectivity index (χ4v) is 3.28. The molecule has 3 nitrogen and oxygen atoms in total. The van der Waals surface area contributed by atoms with Crippen molar-refractivity contribution in [3.05, 3.63) is 21.4 Å². The molecule has 0 aliphatic rings. The van der Waals surface area contributed by atoms with Crippen molar-refractivity contribution in [3.63, 3.8) is 0 Å². The molecule has 1 amide bonds. The third kappa shape index (κ3) is 4.62. The molecule has 19 heavy (non-hydrogen) atoms. The van der Waals surface area contributed by atoms with Crippen molar-refractivity contribution in [2.75, 3.05) is 13.1 Å². The van der Waals surface area contributed by atoms with E-state index in [1.54, 1.807) is 11.3 Å². The first-order chi connectivity index (χ1) is 8.82. The molecule has 0 aromatic carbocycles. The number of hydrogen-bond donors (Lipinski definition) is 1. The SMILES string of the molecule is Cc1cc(C(=O)NCCN(C(C)C)C(C)C)c(C)s1. The van der Waals surface area contributed by atoms with Crippen LogP contribution in [0.4, 0.5) is 0 Å². The second-order valence-electron chi connectivity index (χ2n) is 5.51. The highest BCUT2D eigenvalue weighted by molar-refractivity contribution is 7.12. The van der Waals surface area contributed by atoms with Crippen molar-refractivity contribution in [2.45, 2.75) is 53.6 Å². The molecular weight excluding hydrogens is 256 g/mol. The van der Waals surface area contributed by atoms with Crippen LogP contribution in [0.25, 0.3) is 0 Å². The minimum absolute atomic E-state index is 0.0503. The summed E-state index contributed by atoms with van der Waals surface area (Å²) in [5.74, 6) is 0.0503. The van der Waals surface area contributed by atoms with Crippen molar-refractivity contribution in [3.8, 4) is 0 Å². The topological polar surface area (TPSA) is 32.3 Å². The van der Waals surface area contributed by atoms with Gasteiger partial charge < -0.3 is 5.32 Å². The Kier molecular flexibility index (Phi) is 6.01. The number of aryl methyl sites for hydroxylation is 2. The molecule has 1 aromatic rings. The van der Waals surface area contributed by atoms with Crippen LogP contribution in [-0.2, 0) is 0 Å². The lowest BCUT2D eigenvalue weighted by molar-refractivity contribution is 0.0939. The monoisotopic (exact) mass is 282 g/mol. The number of amides is 1. The molecular formula is C15H26N2OS. The van der Waals surface area contributed by atoms with Gasteiger partial charge in [0.15, 0.2) is 0 Å². The van der Waals surface area contributed by atoms with Gasteiger partial charge in [-0.15, -0.1) is 11.3 Å². The average Bonchev–Trinajstić information content (AvgIpc) is 2.62. The summed E-state index contributed by atoms with van der Waals surface area (Å²) in [6, 6.07) is 2.97. The average molecular weight is 282 g/mol. The fourth-order valence-electron chi connectivity index (χ4n) is 2.36. The first-order valence-corrected chi connectivity index (χ1v) is 7.75. The normalized spacial score (nSPS) is 11.6. The molecule has 0 saturated heterocycles. The smallest absolute Gasteiger partial charge is 0.252 e. The largest absolute Gasteiger partial charge is 0.351 e. The lowest BCUT2D eigenvalue weighted by atomic mass is 10.2. The molecule has 108 valence electrons. The summed E-state index contributed by atoms with van der Waals surface area (Å²) in [5.41, 5.74) is 0.822. The number of carbonyl (C=O) groups is 1. The van der Waals surface area contributed by atoms with Crippen LogP contribution in [0.5, 0.6) is 0 Å². The zero-order valence-electron chi connectivity index (χ0n) is 12.9. The highest BCUT2D eigenvalue weighted by atomic mass is 32.1. The maximum Gasteiger partial charge on any atom is 0.252 e. The number of thiophene rings is 1. The molecule has 0 saturated carbocycles. The van der Waals surface area contributed by atoms with Gasteiger partial charge in [0.05, 0.1) is 5.56 Å². The van der Waals surface area contributed by atoms with Crippen LogP contribution in [0.3, 0.4) is 0 Å². The van der Waals surface area contributed by atoms with E-state index >= 15 is 0 Å². The van der Waals surface area contributed by atoms with Gasteiger partial charge in [-0.2, -0.15) is 0 Å². The Morgan fingerprint density at radius 3 is 2.26 bits per heavy atom. The lowest BCUT2D eigenvalue weighted by Gasteiger charge is -2.30. The van der Waals surface area contributed by atoms with Gasteiger partial charge in [0, 0.05) is 34.9 Å². The molecule has 0 bridgehead atoms.